The van der Waals surface area contributed by atoms with Crippen molar-refractivity contribution in [1.82, 2.24) is 15.5 Å². The number of hydrogen-bond donors (Lipinski definition) is 4. The molecular formula is C43H75FN4O. The molecule has 0 fully saturated rings. The van der Waals surface area contributed by atoms with Crippen LogP contribution in [0.4, 0.5) is 4.39 Å². The van der Waals surface area contributed by atoms with Crippen LogP contribution in [-0.4, -0.2) is 55.4 Å². The fraction of sp³-hybridized carbons (Fsp3) is 0.535. The first-order chi connectivity index (χ1) is 23.4. The summed E-state index contributed by atoms with van der Waals surface area (Å²) in [6.07, 6.45) is 19.6. The molecule has 0 aliphatic heterocycles. The van der Waals surface area contributed by atoms with E-state index in [1.165, 1.54) is 61.3 Å². The molecule has 0 aliphatic rings. The monoisotopic (exact) mass is 683 g/mol. The molecule has 1 aromatic carbocycles. The number of allylic oxidation sites excluding steroid dienone is 4. The zero-order valence-corrected chi connectivity index (χ0v) is 33.4. The van der Waals surface area contributed by atoms with Crippen molar-refractivity contribution in [2.45, 2.75) is 120 Å². The predicted octanol–water partition coefficient (Wildman–Crippen LogP) is 10.7. The Balaban J connectivity index is -0.000000558. The number of terminal acetylenes is 1. The molecule has 0 radical (unpaired) electrons. The minimum atomic E-state index is -0.0928. The van der Waals surface area contributed by atoms with Gasteiger partial charge >= 0.3 is 0 Å². The molecule has 0 heterocycles. The minimum absolute atomic E-state index is 0.0928. The van der Waals surface area contributed by atoms with Crippen LogP contribution in [-0.2, 0) is 0 Å². The van der Waals surface area contributed by atoms with Crippen LogP contribution >= 0.6 is 0 Å². The van der Waals surface area contributed by atoms with Gasteiger partial charge in [0.1, 0.15) is 0 Å². The van der Waals surface area contributed by atoms with Crippen LogP contribution in [0.25, 0.3) is 0 Å². The molecule has 1 atom stereocenters. The zero-order valence-electron chi connectivity index (χ0n) is 33.4. The average molecular weight is 683 g/mol. The van der Waals surface area contributed by atoms with Crippen molar-refractivity contribution in [3.63, 3.8) is 0 Å². The van der Waals surface area contributed by atoms with Gasteiger partial charge in [-0.2, -0.15) is 0 Å². The van der Waals surface area contributed by atoms with Gasteiger partial charge in [0.05, 0.1) is 7.18 Å². The molecule has 49 heavy (non-hydrogen) atoms. The fourth-order valence-corrected chi connectivity index (χ4v) is 4.47. The molecule has 1 aromatic rings. The number of hydrogen-bond acceptors (Lipinski definition) is 5. The highest BCUT2D eigenvalue weighted by molar-refractivity contribution is 5.39. The number of benzene rings is 1. The van der Waals surface area contributed by atoms with E-state index < -0.39 is 0 Å². The summed E-state index contributed by atoms with van der Waals surface area (Å²) in [5.74, 6) is 2.09. The van der Waals surface area contributed by atoms with E-state index in [0.29, 0.717) is 19.8 Å². The minimum Gasteiger partial charge on any atom is -0.501 e. The van der Waals surface area contributed by atoms with Gasteiger partial charge in [-0.1, -0.05) is 108 Å². The van der Waals surface area contributed by atoms with Gasteiger partial charge in [0, 0.05) is 49.2 Å². The number of halogens is 1. The number of nitrogens with two attached hydrogens (primary N) is 1. The van der Waals surface area contributed by atoms with E-state index in [0.717, 1.165) is 36.5 Å². The van der Waals surface area contributed by atoms with Crippen LogP contribution in [0, 0.1) is 26.2 Å². The standard InChI is InChI=1S/C29H50N4O.C8H10.C3H8.C2H4.CH3F/c1-9-13-28(14-10-2)33(18-11-3)19-17-31-25(7)24(6)20-27(21-30)26(8)32-22-23(5)15-16-29(34)12-4;1-7-5-3-4-6-8(7)2;1-3-2;2*1-2/h4,15-16,20-21,25,28,31-32,34H,8-11,13-14,17-19,22,30H2,1-3,5-7H3;3-6H,1-2H3;3H2,1-2H3;1-2H2;1H3/b23-15+,24-20-,27-21+,29-16+;;;;. The highest BCUT2D eigenvalue weighted by Crippen LogP contribution is 2.15. The Morgan fingerprint density at radius 1 is 0.980 bits per heavy atom. The van der Waals surface area contributed by atoms with Crippen molar-refractivity contribution in [2.75, 3.05) is 33.4 Å². The molecule has 0 spiro atoms. The quantitative estimate of drug-likeness (QED) is 0.0537. The van der Waals surface area contributed by atoms with E-state index in [1.807, 2.05) is 6.92 Å². The van der Waals surface area contributed by atoms with E-state index in [9.17, 15) is 9.50 Å². The number of aliphatic hydroxyl groups excluding tert-OH is 1. The Hall–Kier alpha value is -3.53. The highest BCUT2D eigenvalue weighted by atomic mass is 19.1. The Labute approximate surface area is 303 Å². The van der Waals surface area contributed by atoms with Crippen LogP contribution in [0.3, 0.4) is 0 Å². The Bertz CT molecular complexity index is 1090. The second-order valence-corrected chi connectivity index (χ2v) is 11.8. The summed E-state index contributed by atoms with van der Waals surface area (Å²) in [6.45, 7) is 35.5. The molecule has 280 valence electrons. The van der Waals surface area contributed by atoms with E-state index in [2.05, 4.69) is 134 Å². The van der Waals surface area contributed by atoms with Crippen LogP contribution in [0.1, 0.15) is 105 Å². The maximum Gasteiger partial charge on any atom is 0.166 e. The van der Waals surface area contributed by atoms with Gasteiger partial charge in [-0.05, 0) is 83.5 Å². The van der Waals surface area contributed by atoms with E-state index in [-0.39, 0.29) is 11.8 Å². The highest BCUT2D eigenvalue weighted by Gasteiger charge is 2.16. The summed E-state index contributed by atoms with van der Waals surface area (Å²) in [5, 5.41) is 16.3. The second-order valence-electron chi connectivity index (χ2n) is 11.8. The number of nitrogens with zero attached hydrogens (tertiary/aromatic N) is 1. The molecule has 0 aromatic heterocycles. The molecule has 0 saturated carbocycles. The van der Waals surface area contributed by atoms with E-state index in [4.69, 9.17) is 12.2 Å². The van der Waals surface area contributed by atoms with Crippen LogP contribution in [0.2, 0.25) is 0 Å². The molecule has 0 aliphatic carbocycles. The van der Waals surface area contributed by atoms with Crippen molar-refractivity contribution in [1.29, 1.82) is 0 Å². The second kappa shape index (κ2) is 37.3. The van der Waals surface area contributed by atoms with Crippen molar-refractivity contribution >= 4 is 0 Å². The zero-order chi connectivity index (χ0) is 38.6. The maximum absolute atomic E-state index is 9.50. The summed E-state index contributed by atoms with van der Waals surface area (Å²) in [5.41, 5.74) is 12.5. The van der Waals surface area contributed by atoms with Crippen LogP contribution < -0.4 is 16.4 Å². The number of alkyl halides is 1. The lowest BCUT2D eigenvalue weighted by Crippen LogP contribution is -2.42. The average Bonchev–Trinajstić information content (AvgIpc) is 3.11. The molecule has 1 rings (SSSR count). The number of aliphatic hydroxyl groups is 1. The lowest BCUT2D eigenvalue weighted by atomic mass is 10.0. The largest absolute Gasteiger partial charge is 0.501 e. The summed E-state index contributed by atoms with van der Waals surface area (Å²) in [4.78, 5) is 2.66. The third-order valence-electron chi connectivity index (χ3n) is 7.39. The first kappa shape index (κ1) is 52.3. The first-order valence-electron chi connectivity index (χ1n) is 17.9. The lowest BCUT2D eigenvalue weighted by molar-refractivity contribution is 0.175. The van der Waals surface area contributed by atoms with Crippen LogP contribution in [0.5, 0.6) is 0 Å². The van der Waals surface area contributed by atoms with Gasteiger partial charge in [0.25, 0.3) is 0 Å². The Kier molecular flexibility index (Phi) is 39.8. The van der Waals surface area contributed by atoms with Gasteiger partial charge in [-0.3, -0.25) is 9.29 Å². The summed E-state index contributed by atoms with van der Waals surface area (Å²) >= 11 is 0. The van der Waals surface area contributed by atoms with Crippen molar-refractivity contribution in [3.05, 3.63) is 108 Å². The van der Waals surface area contributed by atoms with E-state index in [1.54, 1.807) is 12.3 Å². The van der Waals surface area contributed by atoms with Crippen molar-refractivity contribution in [3.8, 4) is 12.3 Å². The van der Waals surface area contributed by atoms with Crippen molar-refractivity contribution < 1.29 is 9.50 Å². The summed E-state index contributed by atoms with van der Waals surface area (Å²) in [6, 6.07) is 9.28. The van der Waals surface area contributed by atoms with Gasteiger partial charge in [-0.25, -0.2) is 0 Å². The lowest BCUT2D eigenvalue weighted by Gasteiger charge is -2.32. The number of nitrogens with one attached hydrogen (secondary N) is 2. The molecule has 0 amide bonds. The summed E-state index contributed by atoms with van der Waals surface area (Å²) in [7, 11) is 0.500. The maximum atomic E-state index is 9.50. The van der Waals surface area contributed by atoms with Gasteiger partial charge in [0.2, 0.25) is 0 Å². The molecular weight excluding hydrogens is 607 g/mol. The SMILES string of the molecule is C#C/C(O)=C\C=C(/C)CNC(=C)C(/C=C(/C)C(C)NCCN(CCC)C(CCC)CCC)=C/N.C=C.CCC.CF.Cc1ccccc1C. The molecule has 5 N–H and O–H groups in total. The van der Waals surface area contributed by atoms with E-state index >= 15 is 0 Å². The Morgan fingerprint density at radius 2 is 1.49 bits per heavy atom. The fourth-order valence-electron chi connectivity index (χ4n) is 4.47. The van der Waals surface area contributed by atoms with Gasteiger partial charge in [-0.15, -0.1) is 19.6 Å². The summed E-state index contributed by atoms with van der Waals surface area (Å²) < 4.78 is 9.50. The predicted molar refractivity (Wildman–Crippen MR) is 220 cm³/mol. The molecule has 5 nitrogen and oxygen atoms in total. The van der Waals surface area contributed by atoms with Crippen molar-refractivity contribution in [2.24, 2.45) is 5.73 Å². The third-order valence-corrected chi connectivity index (χ3v) is 7.39. The van der Waals surface area contributed by atoms with Gasteiger partial charge in [0.15, 0.2) is 5.76 Å². The first-order valence-corrected chi connectivity index (χ1v) is 17.9. The molecule has 0 bridgehead atoms. The van der Waals surface area contributed by atoms with Crippen LogP contribution in [0.15, 0.2) is 96.6 Å². The number of aryl methyl sites for hydroxylation is 2. The molecule has 0 saturated heterocycles. The van der Waals surface area contributed by atoms with Gasteiger partial charge < -0.3 is 21.5 Å². The molecule has 6 heteroatoms. The number of rotatable bonds is 18. The third kappa shape index (κ3) is 29.1. The Morgan fingerprint density at radius 3 is 1.90 bits per heavy atom. The smallest absolute Gasteiger partial charge is 0.166 e. The molecule has 1 unspecified atom stereocenters. The normalized spacial score (nSPS) is 12.1. The topological polar surface area (TPSA) is 73.5 Å².